The average Bonchev–Trinajstić information content (AvgIpc) is 2.56. The SMILES string of the molecule is Cc1cc(F)ccc1Nc1nc2ccccc2nc1C(=O)OC(C)C. The van der Waals surface area contributed by atoms with Gasteiger partial charge in [0.25, 0.3) is 0 Å². The van der Waals surface area contributed by atoms with Crippen molar-refractivity contribution in [3.05, 3.63) is 59.5 Å². The maximum Gasteiger partial charge on any atom is 0.361 e. The van der Waals surface area contributed by atoms with Crippen molar-refractivity contribution < 1.29 is 13.9 Å². The van der Waals surface area contributed by atoms with Gasteiger partial charge in [0.05, 0.1) is 17.1 Å². The van der Waals surface area contributed by atoms with E-state index in [0.717, 1.165) is 0 Å². The lowest BCUT2D eigenvalue weighted by Gasteiger charge is -2.14. The van der Waals surface area contributed by atoms with Crippen LogP contribution in [0.5, 0.6) is 0 Å². The number of aryl methyl sites for hydroxylation is 1. The molecular weight excluding hydrogens is 321 g/mol. The molecule has 0 unspecified atom stereocenters. The summed E-state index contributed by atoms with van der Waals surface area (Å²) < 4.78 is 18.6. The maximum atomic E-state index is 13.3. The van der Waals surface area contributed by atoms with Gasteiger partial charge in [0.15, 0.2) is 11.5 Å². The summed E-state index contributed by atoms with van der Waals surface area (Å²) >= 11 is 0. The number of nitrogens with one attached hydrogen (secondary N) is 1. The van der Waals surface area contributed by atoms with E-state index in [-0.39, 0.29) is 23.4 Å². The third kappa shape index (κ3) is 3.74. The number of fused-ring (bicyclic) bond motifs is 1. The molecule has 128 valence electrons. The first kappa shape index (κ1) is 16.8. The number of carbonyl (C=O) groups is 1. The first-order chi connectivity index (χ1) is 11.9. The van der Waals surface area contributed by atoms with E-state index >= 15 is 0 Å². The number of carbonyl (C=O) groups excluding carboxylic acids is 1. The van der Waals surface area contributed by atoms with Gasteiger partial charge in [-0.05, 0) is 56.7 Å². The summed E-state index contributed by atoms with van der Waals surface area (Å²) in [6, 6.07) is 11.6. The first-order valence-corrected chi connectivity index (χ1v) is 7.95. The molecular formula is C19H18FN3O2. The van der Waals surface area contributed by atoms with E-state index in [0.29, 0.717) is 22.3 Å². The summed E-state index contributed by atoms with van der Waals surface area (Å²) in [5.74, 6) is -0.610. The highest BCUT2D eigenvalue weighted by Gasteiger charge is 2.19. The van der Waals surface area contributed by atoms with Crippen LogP contribution >= 0.6 is 0 Å². The summed E-state index contributed by atoms with van der Waals surface area (Å²) in [6.45, 7) is 5.30. The lowest BCUT2D eigenvalue weighted by molar-refractivity contribution is 0.0372. The number of halogens is 1. The molecule has 0 saturated carbocycles. The average molecular weight is 339 g/mol. The van der Waals surface area contributed by atoms with Crippen LogP contribution in [0.15, 0.2) is 42.5 Å². The van der Waals surface area contributed by atoms with Gasteiger partial charge in [0.1, 0.15) is 5.82 Å². The molecule has 0 fully saturated rings. The minimum atomic E-state index is -0.560. The van der Waals surface area contributed by atoms with Crippen molar-refractivity contribution in [1.29, 1.82) is 0 Å². The van der Waals surface area contributed by atoms with Gasteiger partial charge in [-0.3, -0.25) is 0 Å². The number of rotatable bonds is 4. The van der Waals surface area contributed by atoms with E-state index in [2.05, 4.69) is 15.3 Å². The summed E-state index contributed by atoms with van der Waals surface area (Å²) in [6.07, 6.45) is -0.277. The van der Waals surface area contributed by atoms with E-state index in [4.69, 9.17) is 4.74 Å². The van der Waals surface area contributed by atoms with Gasteiger partial charge in [-0.15, -0.1) is 0 Å². The number of hydrogen-bond donors (Lipinski definition) is 1. The van der Waals surface area contributed by atoms with Crippen LogP contribution in [0.2, 0.25) is 0 Å². The fraction of sp³-hybridized carbons (Fsp3) is 0.211. The molecule has 0 aliphatic rings. The molecule has 0 aliphatic heterocycles. The smallest absolute Gasteiger partial charge is 0.361 e. The Balaban J connectivity index is 2.08. The molecule has 1 heterocycles. The Labute approximate surface area is 144 Å². The largest absolute Gasteiger partial charge is 0.458 e. The van der Waals surface area contributed by atoms with Crippen molar-refractivity contribution in [3.63, 3.8) is 0 Å². The molecule has 1 aromatic heterocycles. The molecule has 0 spiro atoms. The number of anilines is 2. The van der Waals surface area contributed by atoms with Crippen LogP contribution in [0.25, 0.3) is 11.0 Å². The molecule has 1 N–H and O–H groups in total. The number of esters is 1. The Hall–Kier alpha value is -3.02. The Kier molecular flexibility index (Phi) is 4.61. The molecule has 0 aliphatic carbocycles. The Bertz CT molecular complexity index is 941. The number of benzene rings is 2. The van der Waals surface area contributed by atoms with Gasteiger partial charge >= 0.3 is 5.97 Å². The second-order valence-corrected chi connectivity index (χ2v) is 5.95. The van der Waals surface area contributed by atoms with Gasteiger partial charge < -0.3 is 10.1 Å². The summed E-state index contributed by atoms with van der Waals surface area (Å²) in [5.41, 5.74) is 2.67. The van der Waals surface area contributed by atoms with Gasteiger partial charge in [-0.2, -0.15) is 0 Å². The minimum Gasteiger partial charge on any atom is -0.458 e. The lowest BCUT2D eigenvalue weighted by atomic mass is 10.2. The summed E-state index contributed by atoms with van der Waals surface area (Å²) in [7, 11) is 0. The monoisotopic (exact) mass is 339 g/mol. The Morgan fingerprint density at radius 2 is 1.80 bits per heavy atom. The summed E-state index contributed by atoms with van der Waals surface area (Å²) in [4.78, 5) is 21.3. The Morgan fingerprint density at radius 3 is 2.44 bits per heavy atom. The quantitative estimate of drug-likeness (QED) is 0.714. The van der Waals surface area contributed by atoms with E-state index in [1.807, 2.05) is 18.2 Å². The molecule has 5 nitrogen and oxygen atoms in total. The van der Waals surface area contributed by atoms with Gasteiger partial charge in [-0.1, -0.05) is 12.1 Å². The van der Waals surface area contributed by atoms with Crippen molar-refractivity contribution in [2.75, 3.05) is 5.32 Å². The van der Waals surface area contributed by atoms with Gasteiger partial charge in [-0.25, -0.2) is 19.2 Å². The van der Waals surface area contributed by atoms with Crippen molar-refractivity contribution in [1.82, 2.24) is 9.97 Å². The van der Waals surface area contributed by atoms with Gasteiger partial charge in [0.2, 0.25) is 0 Å². The number of nitrogens with zero attached hydrogens (tertiary/aromatic N) is 2. The molecule has 3 aromatic rings. The van der Waals surface area contributed by atoms with Crippen LogP contribution < -0.4 is 5.32 Å². The van der Waals surface area contributed by atoms with Crippen molar-refractivity contribution >= 4 is 28.5 Å². The molecule has 0 bridgehead atoms. The van der Waals surface area contributed by atoms with Gasteiger partial charge in [0, 0.05) is 5.69 Å². The van der Waals surface area contributed by atoms with Crippen molar-refractivity contribution in [2.24, 2.45) is 0 Å². The third-order valence-electron chi connectivity index (χ3n) is 3.55. The fourth-order valence-electron chi connectivity index (χ4n) is 2.39. The van der Waals surface area contributed by atoms with Crippen LogP contribution in [0.3, 0.4) is 0 Å². The highest BCUT2D eigenvalue weighted by molar-refractivity contribution is 5.96. The number of aromatic nitrogens is 2. The second-order valence-electron chi connectivity index (χ2n) is 5.95. The lowest BCUT2D eigenvalue weighted by Crippen LogP contribution is -2.16. The van der Waals surface area contributed by atoms with E-state index in [1.165, 1.54) is 12.1 Å². The topological polar surface area (TPSA) is 64.1 Å². The van der Waals surface area contributed by atoms with E-state index < -0.39 is 5.97 Å². The standard InChI is InChI=1S/C19H18FN3O2/c1-11(2)25-19(24)17-18(22-14-9-8-13(20)10-12(14)3)23-16-7-5-4-6-15(16)21-17/h4-11H,1-3H3,(H,22,23). The van der Waals surface area contributed by atoms with Crippen LogP contribution in [0.1, 0.15) is 29.9 Å². The molecule has 6 heteroatoms. The predicted octanol–water partition coefficient (Wildman–Crippen LogP) is 4.39. The number of ether oxygens (including phenoxy) is 1. The first-order valence-electron chi connectivity index (χ1n) is 7.95. The molecule has 2 aromatic carbocycles. The van der Waals surface area contributed by atoms with Crippen LogP contribution in [-0.2, 0) is 4.74 Å². The van der Waals surface area contributed by atoms with Crippen molar-refractivity contribution in [2.45, 2.75) is 26.9 Å². The van der Waals surface area contributed by atoms with Crippen LogP contribution in [0.4, 0.5) is 15.9 Å². The highest BCUT2D eigenvalue weighted by Crippen LogP contribution is 2.24. The zero-order valence-electron chi connectivity index (χ0n) is 14.2. The molecule has 0 amide bonds. The fourth-order valence-corrected chi connectivity index (χ4v) is 2.39. The molecule has 3 rings (SSSR count). The predicted molar refractivity (Wildman–Crippen MR) is 94.5 cm³/mol. The Morgan fingerprint density at radius 1 is 1.12 bits per heavy atom. The highest BCUT2D eigenvalue weighted by atomic mass is 19.1. The molecule has 0 radical (unpaired) electrons. The minimum absolute atomic E-state index is 0.0936. The summed E-state index contributed by atoms with van der Waals surface area (Å²) in [5, 5.41) is 3.07. The van der Waals surface area contributed by atoms with Crippen LogP contribution in [-0.4, -0.2) is 22.0 Å². The maximum absolute atomic E-state index is 13.3. The molecule has 0 saturated heterocycles. The third-order valence-corrected chi connectivity index (χ3v) is 3.55. The number of hydrogen-bond acceptors (Lipinski definition) is 5. The zero-order chi connectivity index (χ0) is 18.0. The number of para-hydroxylation sites is 2. The van der Waals surface area contributed by atoms with E-state index in [9.17, 15) is 9.18 Å². The second kappa shape index (κ2) is 6.84. The van der Waals surface area contributed by atoms with Crippen molar-refractivity contribution in [3.8, 4) is 0 Å². The normalized spacial score (nSPS) is 10.9. The molecule has 25 heavy (non-hydrogen) atoms. The zero-order valence-corrected chi connectivity index (χ0v) is 14.2. The molecule has 0 atom stereocenters. The van der Waals surface area contributed by atoms with Crippen LogP contribution in [0, 0.1) is 12.7 Å². The van der Waals surface area contributed by atoms with E-state index in [1.54, 1.807) is 32.9 Å².